The topological polar surface area (TPSA) is 12.0 Å². The Kier molecular flexibility index (Phi) is 3.73. The first kappa shape index (κ1) is 7.06. The van der Waals surface area contributed by atoms with Crippen LogP contribution in [-0.2, 0) is 0 Å². The lowest BCUT2D eigenvalue weighted by Gasteiger charge is -1.83. The highest BCUT2D eigenvalue weighted by molar-refractivity contribution is 5.12. The average molecular weight is 109 g/mol. The summed E-state index contributed by atoms with van der Waals surface area (Å²) in [6.07, 6.45) is 3.75. The Labute approximate surface area is 50.4 Å². The van der Waals surface area contributed by atoms with Crippen LogP contribution in [0.5, 0.6) is 0 Å². The van der Waals surface area contributed by atoms with Gasteiger partial charge in [0, 0.05) is 7.05 Å². The van der Waals surface area contributed by atoms with Gasteiger partial charge in [0.1, 0.15) is 0 Å². The summed E-state index contributed by atoms with van der Waals surface area (Å²) in [5.74, 6) is 0. The molecule has 0 aliphatic carbocycles. The van der Waals surface area contributed by atoms with E-state index < -0.39 is 0 Å². The maximum Gasteiger partial charge on any atom is 0.00277 e. The summed E-state index contributed by atoms with van der Waals surface area (Å²) in [4.78, 5) is 0. The van der Waals surface area contributed by atoms with E-state index in [-0.39, 0.29) is 0 Å². The molecular weight excluding hydrogens is 98.1 g/mol. The van der Waals surface area contributed by atoms with Gasteiger partial charge in [0.2, 0.25) is 0 Å². The molecule has 0 rings (SSSR count). The smallest absolute Gasteiger partial charge is 0.00277 e. The molecule has 0 bridgehead atoms. The van der Waals surface area contributed by atoms with Crippen LogP contribution in [0.2, 0.25) is 0 Å². The Morgan fingerprint density at radius 2 is 2.38 bits per heavy atom. The van der Waals surface area contributed by atoms with Crippen molar-refractivity contribution in [3.63, 3.8) is 0 Å². The zero-order valence-electron chi connectivity index (χ0n) is 5.36. The van der Waals surface area contributed by atoms with E-state index in [0.29, 0.717) is 0 Å². The molecule has 0 amide bonds. The average Bonchev–Trinajstić information content (AvgIpc) is 1.83. The van der Waals surface area contributed by atoms with Crippen molar-refractivity contribution in [3.05, 3.63) is 30.2 Å². The maximum absolute atomic E-state index is 3.47. The molecule has 0 saturated heterocycles. The van der Waals surface area contributed by atoms with Crippen molar-refractivity contribution in [2.75, 3.05) is 7.05 Å². The normalized spacial score (nSPS) is 8.75. The number of nitrogens with one attached hydrogen (secondary N) is 1. The minimum atomic E-state index is 1.04. The molecule has 0 saturated carbocycles. The molecule has 0 aliphatic heterocycles. The molecule has 0 radical (unpaired) electrons. The molecule has 0 unspecified atom stereocenters. The van der Waals surface area contributed by atoms with E-state index >= 15 is 0 Å². The molecule has 0 atom stereocenters. The Bertz CT molecular complexity index is 127. The van der Waals surface area contributed by atoms with Gasteiger partial charge in [0.25, 0.3) is 0 Å². The van der Waals surface area contributed by atoms with Crippen LogP contribution in [0, 0.1) is 0 Å². The quantitative estimate of drug-likeness (QED) is 0.418. The molecule has 1 heteroatoms. The standard InChI is InChI=1S/C7H11N/c1-4-7(2)5-6-8-3/h5-6,8H,1H2,2-3H3/b6-5-. The number of rotatable bonds is 2. The van der Waals surface area contributed by atoms with Crippen molar-refractivity contribution in [3.8, 4) is 0 Å². The molecule has 0 fully saturated rings. The Balaban J connectivity index is 3.71. The fourth-order valence-electron chi connectivity index (χ4n) is 0.267. The molecule has 0 aromatic carbocycles. The lowest BCUT2D eigenvalue weighted by atomic mass is 10.3. The largest absolute Gasteiger partial charge is 0.394 e. The van der Waals surface area contributed by atoms with E-state index in [4.69, 9.17) is 0 Å². The van der Waals surface area contributed by atoms with Crippen LogP contribution >= 0.6 is 0 Å². The van der Waals surface area contributed by atoms with E-state index in [1.54, 1.807) is 0 Å². The van der Waals surface area contributed by atoms with Crippen molar-refractivity contribution in [2.24, 2.45) is 0 Å². The van der Waals surface area contributed by atoms with Gasteiger partial charge in [-0.3, -0.25) is 0 Å². The fourth-order valence-corrected chi connectivity index (χ4v) is 0.267. The Hall–Kier alpha value is -0.940. The van der Waals surface area contributed by atoms with Gasteiger partial charge in [-0.15, -0.1) is 5.73 Å². The molecule has 1 nitrogen and oxygen atoms in total. The third-order valence-electron chi connectivity index (χ3n) is 0.779. The summed E-state index contributed by atoms with van der Waals surface area (Å²) < 4.78 is 0. The molecule has 0 heterocycles. The highest BCUT2D eigenvalue weighted by Gasteiger charge is 1.70. The van der Waals surface area contributed by atoms with Gasteiger partial charge < -0.3 is 5.32 Å². The lowest BCUT2D eigenvalue weighted by Crippen LogP contribution is -1.90. The van der Waals surface area contributed by atoms with Crippen LogP contribution in [-0.4, -0.2) is 7.05 Å². The van der Waals surface area contributed by atoms with Gasteiger partial charge in [0.05, 0.1) is 0 Å². The number of allylic oxidation sites excluding steroid dienone is 2. The van der Waals surface area contributed by atoms with Gasteiger partial charge in [-0.1, -0.05) is 6.58 Å². The second-order valence-corrected chi connectivity index (χ2v) is 1.48. The number of hydrogen-bond donors (Lipinski definition) is 1. The minimum Gasteiger partial charge on any atom is -0.394 e. The predicted octanol–water partition coefficient (Wildman–Crippen LogP) is 1.45. The van der Waals surface area contributed by atoms with E-state index in [1.807, 2.05) is 26.2 Å². The van der Waals surface area contributed by atoms with Crippen LogP contribution in [0.4, 0.5) is 0 Å². The molecular formula is C7H11N. The molecule has 0 spiro atoms. The second kappa shape index (κ2) is 4.23. The molecule has 0 aromatic rings. The Morgan fingerprint density at radius 1 is 1.75 bits per heavy atom. The summed E-state index contributed by atoms with van der Waals surface area (Å²) in [6.45, 7) is 5.42. The van der Waals surface area contributed by atoms with E-state index in [9.17, 15) is 0 Å². The SMILES string of the molecule is C=C=C(C)/C=C\NC. The molecule has 1 N–H and O–H groups in total. The van der Waals surface area contributed by atoms with Gasteiger partial charge in [-0.2, -0.15) is 0 Å². The van der Waals surface area contributed by atoms with Crippen molar-refractivity contribution in [1.29, 1.82) is 0 Å². The summed E-state index contributed by atoms with van der Waals surface area (Å²) in [7, 11) is 1.85. The highest BCUT2D eigenvalue weighted by atomic mass is 14.8. The van der Waals surface area contributed by atoms with Gasteiger partial charge >= 0.3 is 0 Å². The summed E-state index contributed by atoms with van der Waals surface area (Å²) >= 11 is 0. The highest BCUT2D eigenvalue weighted by Crippen LogP contribution is 1.86. The molecule has 44 valence electrons. The van der Waals surface area contributed by atoms with Crippen molar-refractivity contribution >= 4 is 0 Å². The molecule has 0 aliphatic rings. The van der Waals surface area contributed by atoms with E-state index in [2.05, 4.69) is 17.6 Å². The van der Waals surface area contributed by atoms with E-state index in [0.717, 1.165) is 5.57 Å². The van der Waals surface area contributed by atoms with Crippen molar-refractivity contribution < 1.29 is 0 Å². The van der Waals surface area contributed by atoms with Crippen LogP contribution < -0.4 is 5.32 Å². The van der Waals surface area contributed by atoms with Crippen molar-refractivity contribution in [1.82, 2.24) is 5.32 Å². The summed E-state index contributed by atoms with van der Waals surface area (Å²) in [6, 6.07) is 0. The van der Waals surface area contributed by atoms with Crippen molar-refractivity contribution in [2.45, 2.75) is 6.92 Å². The van der Waals surface area contributed by atoms with E-state index in [1.165, 1.54) is 0 Å². The van der Waals surface area contributed by atoms with Gasteiger partial charge in [-0.05, 0) is 24.8 Å². The van der Waals surface area contributed by atoms with Crippen LogP contribution in [0.15, 0.2) is 30.2 Å². The van der Waals surface area contributed by atoms with Crippen LogP contribution in [0.25, 0.3) is 0 Å². The lowest BCUT2D eigenvalue weighted by molar-refractivity contribution is 1.10. The first-order valence-corrected chi connectivity index (χ1v) is 2.51. The molecule has 0 aromatic heterocycles. The second-order valence-electron chi connectivity index (χ2n) is 1.48. The maximum atomic E-state index is 3.47. The summed E-state index contributed by atoms with van der Waals surface area (Å²) in [5.41, 5.74) is 3.78. The zero-order chi connectivity index (χ0) is 6.41. The Morgan fingerprint density at radius 3 is 2.75 bits per heavy atom. The molecule has 8 heavy (non-hydrogen) atoms. The predicted molar refractivity (Wildman–Crippen MR) is 36.5 cm³/mol. The fraction of sp³-hybridized carbons (Fsp3) is 0.286. The third-order valence-corrected chi connectivity index (χ3v) is 0.779. The third kappa shape index (κ3) is 3.26. The van der Waals surface area contributed by atoms with Gasteiger partial charge in [-0.25, -0.2) is 0 Å². The van der Waals surface area contributed by atoms with Gasteiger partial charge in [0.15, 0.2) is 0 Å². The van der Waals surface area contributed by atoms with Crippen LogP contribution in [0.3, 0.4) is 0 Å². The first-order valence-electron chi connectivity index (χ1n) is 2.51. The summed E-state index contributed by atoms with van der Waals surface area (Å²) in [5, 5.41) is 2.86. The van der Waals surface area contributed by atoms with Crippen LogP contribution in [0.1, 0.15) is 6.92 Å². The number of hydrogen-bond acceptors (Lipinski definition) is 1. The monoisotopic (exact) mass is 109 g/mol. The first-order chi connectivity index (χ1) is 3.81. The zero-order valence-corrected chi connectivity index (χ0v) is 5.36. The minimum absolute atomic E-state index is 1.04.